The standard InChI is InChI=1S/C23H26O12/c1-31-12-4-10(5-13(8-12)32-2)17(26)18(27)11-6-14(25)22(33-3)15(7-11)34-23-21(30)20(29)19(28)16(9-24)35-23/h4-8,16,19-21,23-25,28-30H,9H2,1-3H3/t16-,19-,20+,21-,23-/m1/s1. The normalized spacial score (nSPS) is 23.9. The van der Waals surface area contributed by atoms with Gasteiger partial charge in [-0.25, -0.2) is 0 Å². The third kappa shape index (κ3) is 5.31. The summed E-state index contributed by atoms with van der Waals surface area (Å²) in [5.41, 5.74) is -0.312. The topological polar surface area (TPSA) is 181 Å². The van der Waals surface area contributed by atoms with Gasteiger partial charge in [-0.05, 0) is 24.3 Å². The number of ether oxygens (including phenoxy) is 5. The molecule has 1 heterocycles. The van der Waals surface area contributed by atoms with Gasteiger partial charge in [0.2, 0.25) is 23.6 Å². The fourth-order valence-electron chi connectivity index (χ4n) is 3.50. The van der Waals surface area contributed by atoms with E-state index in [4.69, 9.17) is 23.7 Å². The summed E-state index contributed by atoms with van der Waals surface area (Å²) < 4.78 is 26.1. The zero-order chi connectivity index (χ0) is 25.9. The van der Waals surface area contributed by atoms with E-state index in [-0.39, 0.29) is 34.1 Å². The van der Waals surface area contributed by atoms with E-state index in [2.05, 4.69) is 0 Å². The van der Waals surface area contributed by atoms with E-state index < -0.39 is 54.6 Å². The molecular weight excluding hydrogens is 468 g/mol. The largest absolute Gasteiger partial charge is 0.504 e. The van der Waals surface area contributed by atoms with E-state index in [1.54, 1.807) is 0 Å². The Kier molecular flexibility index (Phi) is 8.14. The van der Waals surface area contributed by atoms with Gasteiger partial charge >= 0.3 is 0 Å². The SMILES string of the molecule is COc1cc(OC)cc(C(=O)C(=O)c2cc(O)c(OC)c(O[C@@H]3O[C@H](CO)[C@@H](O)[C@H](O)[C@H]3O)c2)c1. The Bertz CT molecular complexity index is 1060. The number of rotatable bonds is 9. The Labute approximate surface area is 199 Å². The lowest BCUT2D eigenvalue weighted by Crippen LogP contribution is -2.60. The zero-order valence-corrected chi connectivity index (χ0v) is 19.1. The smallest absolute Gasteiger partial charge is 0.233 e. The van der Waals surface area contributed by atoms with Crippen LogP contribution in [0.3, 0.4) is 0 Å². The van der Waals surface area contributed by atoms with Crippen LogP contribution in [0.15, 0.2) is 30.3 Å². The highest BCUT2D eigenvalue weighted by molar-refractivity contribution is 6.49. The molecular formula is C23H26O12. The van der Waals surface area contributed by atoms with Crippen LogP contribution in [-0.4, -0.2) is 95.7 Å². The van der Waals surface area contributed by atoms with Crippen molar-refractivity contribution in [2.24, 2.45) is 0 Å². The molecule has 12 heteroatoms. The molecule has 0 spiro atoms. The molecule has 5 atom stereocenters. The molecule has 0 bridgehead atoms. The third-order valence-corrected chi connectivity index (χ3v) is 5.41. The monoisotopic (exact) mass is 494 g/mol. The molecule has 1 saturated heterocycles. The van der Waals surface area contributed by atoms with E-state index >= 15 is 0 Å². The van der Waals surface area contributed by atoms with Crippen LogP contribution < -0.4 is 18.9 Å². The maximum absolute atomic E-state index is 13.0. The fraction of sp³-hybridized carbons (Fsp3) is 0.391. The Hall–Kier alpha value is -3.42. The van der Waals surface area contributed by atoms with Crippen LogP contribution in [0.2, 0.25) is 0 Å². The summed E-state index contributed by atoms with van der Waals surface area (Å²) in [6.07, 6.45) is -7.98. The van der Waals surface area contributed by atoms with Crippen molar-refractivity contribution in [3.63, 3.8) is 0 Å². The number of aromatic hydroxyl groups is 1. The quantitative estimate of drug-likeness (QED) is 0.226. The summed E-state index contributed by atoms with van der Waals surface area (Å²) in [7, 11) is 3.97. The van der Waals surface area contributed by atoms with Gasteiger partial charge in [0.1, 0.15) is 35.9 Å². The molecule has 0 radical (unpaired) electrons. The van der Waals surface area contributed by atoms with Crippen molar-refractivity contribution in [1.29, 1.82) is 0 Å². The first-order chi connectivity index (χ1) is 16.6. The number of carbonyl (C=O) groups is 2. The molecule has 1 fully saturated rings. The molecule has 0 amide bonds. The van der Waals surface area contributed by atoms with Gasteiger partial charge < -0.3 is 49.2 Å². The second kappa shape index (κ2) is 10.9. The molecule has 3 rings (SSSR count). The molecule has 1 aliphatic heterocycles. The number of benzene rings is 2. The molecule has 190 valence electrons. The summed E-state index contributed by atoms with van der Waals surface area (Å²) in [6.45, 7) is -0.690. The number of phenols is 1. The van der Waals surface area contributed by atoms with Crippen molar-refractivity contribution in [2.45, 2.75) is 30.7 Å². The van der Waals surface area contributed by atoms with Crippen LogP contribution in [-0.2, 0) is 4.74 Å². The van der Waals surface area contributed by atoms with E-state index in [0.29, 0.717) is 0 Å². The molecule has 0 aromatic heterocycles. The number of phenolic OH excluding ortho intramolecular Hbond substituents is 1. The number of Topliss-reactive ketones (excluding diaryl/α,β-unsaturated/α-hetero) is 2. The number of carbonyl (C=O) groups excluding carboxylic acids is 2. The lowest BCUT2D eigenvalue weighted by Gasteiger charge is -2.39. The van der Waals surface area contributed by atoms with Crippen LogP contribution in [0.5, 0.6) is 28.7 Å². The second-order valence-electron chi connectivity index (χ2n) is 7.60. The Morgan fingerprint density at radius 2 is 1.40 bits per heavy atom. The summed E-state index contributed by atoms with van der Waals surface area (Å²) in [5, 5.41) is 49.9. The first-order valence-corrected chi connectivity index (χ1v) is 10.3. The van der Waals surface area contributed by atoms with Gasteiger partial charge in [-0.2, -0.15) is 0 Å². The maximum Gasteiger partial charge on any atom is 0.233 e. The Balaban J connectivity index is 1.95. The van der Waals surface area contributed by atoms with Crippen LogP contribution >= 0.6 is 0 Å². The predicted octanol–water partition coefficient (Wildman–Crippen LogP) is -0.338. The molecule has 0 saturated carbocycles. The first kappa shape index (κ1) is 26.2. The van der Waals surface area contributed by atoms with E-state index in [0.717, 1.165) is 12.1 Å². The van der Waals surface area contributed by atoms with Gasteiger partial charge in [-0.15, -0.1) is 0 Å². The van der Waals surface area contributed by atoms with Gasteiger partial charge in [0.05, 0.1) is 27.9 Å². The number of aliphatic hydroxyl groups excluding tert-OH is 4. The van der Waals surface area contributed by atoms with Crippen molar-refractivity contribution in [3.8, 4) is 28.7 Å². The molecule has 35 heavy (non-hydrogen) atoms. The lowest BCUT2D eigenvalue weighted by molar-refractivity contribution is -0.277. The second-order valence-corrected chi connectivity index (χ2v) is 7.60. The predicted molar refractivity (Wildman–Crippen MR) is 117 cm³/mol. The minimum absolute atomic E-state index is 0.0297. The van der Waals surface area contributed by atoms with Gasteiger partial charge in [-0.3, -0.25) is 9.59 Å². The Morgan fingerprint density at radius 3 is 1.91 bits per heavy atom. The molecule has 5 N–H and O–H groups in total. The van der Waals surface area contributed by atoms with Gasteiger partial charge in [0.25, 0.3) is 0 Å². The van der Waals surface area contributed by atoms with Crippen molar-refractivity contribution in [3.05, 3.63) is 41.5 Å². The van der Waals surface area contributed by atoms with Crippen LogP contribution in [0.4, 0.5) is 0 Å². The summed E-state index contributed by atoms with van der Waals surface area (Å²) in [6, 6.07) is 6.29. The molecule has 1 aliphatic rings. The van der Waals surface area contributed by atoms with Gasteiger partial charge in [0.15, 0.2) is 11.5 Å². The average Bonchev–Trinajstić information content (AvgIpc) is 2.87. The number of hydrogen-bond donors (Lipinski definition) is 5. The van der Waals surface area contributed by atoms with E-state index in [1.165, 1.54) is 39.5 Å². The molecule has 0 aliphatic carbocycles. The van der Waals surface area contributed by atoms with Crippen molar-refractivity contribution >= 4 is 11.6 Å². The minimum atomic E-state index is -1.76. The molecule has 0 unspecified atom stereocenters. The Morgan fingerprint density at radius 1 is 0.829 bits per heavy atom. The van der Waals surface area contributed by atoms with Crippen molar-refractivity contribution in [2.75, 3.05) is 27.9 Å². The van der Waals surface area contributed by atoms with Gasteiger partial charge in [0, 0.05) is 17.2 Å². The summed E-state index contributed by atoms with van der Waals surface area (Å²) >= 11 is 0. The fourth-order valence-corrected chi connectivity index (χ4v) is 3.50. The average molecular weight is 494 g/mol. The number of methoxy groups -OCH3 is 3. The third-order valence-electron chi connectivity index (χ3n) is 5.41. The number of aliphatic hydroxyl groups is 4. The highest BCUT2D eigenvalue weighted by Crippen LogP contribution is 2.40. The number of ketones is 2. The summed E-state index contributed by atoms with van der Waals surface area (Å²) in [4.78, 5) is 25.9. The van der Waals surface area contributed by atoms with Crippen LogP contribution in [0.25, 0.3) is 0 Å². The summed E-state index contributed by atoms with van der Waals surface area (Å²) in [5.74, 6) is -2.52. The molecule has 2 aromatic rings. The van der Waals surface area contributed by atoms with E-state index in [9.17, 15) is 35.1 Å². The maximum atomic E-state index is 13.0. The van der Waals surface area contributed by atoms with Crippen LogP contribution in [0, 0.1) is 0 Å². The van der Waals surface area contributed by atoms with Crippen molar-refractivity contribution < 1.29 is 58.8 Å². The minimum Gasteiger partial charge on any atom is -0.504 e. The van der Waals surface area contributed by atoms with Gasteiger partial charge in [-0.1, -0.05) is 0 Å². The number of hydrogen-bond acceptors (Lipinski definition) is 12. The lowest BCUT2D eigenvalue weighted by atomic mass is 9.99. The molecule has 12 nitrogen and oxygen atoms in total. The van der Waals surface area contributed by atoms with Crippen LogP contribution in [0.1, 0.15) is 20.7 Å². The zero-order valence-electron chi connectivity index (χ0n) is 19.1. The highest BCUT2D eigenvalue weighted by Gasteiger charge is 2.45. The first-order valence-electron chi connectivity index (χ1n) is 10.3. The van der Waals surface area contributed by atoms with E-state index in [1.807, 2.05) is 0 Å². The molecule has 2 aromatic carbocycles. The van der Waals surface area contributed by atoms with Crippen molar-refractivity contribution in [1.82, 2.24) is 0 Å². The highest BCUT2D eigenvalue weighted by atomic mass is 16.7.